The molecule has 0 aliphatic rings. The highest BCUT2D eigenvalue weighted by atomic mass is 19.1. The minimum absolute atomic E-state index is 0.219. The van der Waals surface area contributed by atoms with Crippen molar-refractivity contribution in [2.24, 2.45) is 0 Å². The summed E-state index contributed by atoms with van der Waals surface area (Å²) in [5.74, 6) is 0.582. The van der Waals surface area contributed by atoms with Crippen LogP contribution in [0.15, 0.2) is 78.9 Å². The largest absolute Gasteiger partial charge is 0.497 e. The second-order valence-electron chi connectivity index (χ2n) is 4.89. The van der Waals surface area contributed by atoms with Crippen molar-refractivity contribution in [3.8, 4) is 16.9 Å². The lowest BCUT2D eigenvalue weighted by molar-refractivity contribution is 0.415. The van der Waals surface area contributed by atoms with E-state index in [4.69, 9.17) is 4.74 Å². The number of benzene rings is 3. The van der Waals surface area contributed by atoms with Crippen molar-refractivity contribution in [1.82, 2.24) is 0 Å². The Hall–Kier alpha value is -2.61. The van der Waals surface area contributed by atoms with Crippen LogP contribution in [-0.2, 0) is 0 Å². The van der Waals surface area contributed by atoms with E-state index in [0.717, 1.165) is 16.9 Å². The van der Waals surface area contributed by atoms with Crippen LogP contribution in [0, 0.1) is 12.7 Å². The SMILES string of the molecule is COc1ccc(-c2cccc(F)c2)cc1.Cc1ccccc1. The Labute approximate surface area is 131 Å². The highest BCUT2D eigenvalue weighted by Gasteiger charge is 1.99. The van der Waals surface area contributed by atoms with Crippen molar-refractivity contribution in [3.05, 3.63) is 90.2 Å². The number of aryl methyl sites for hydroxylation is 1. The Kier molecular flexibility index (Phi) is 5.73. The smallest absolute Gasteiger partial charge is 0.123 e. The zero-order valence-electron chi connectivity index (χ0n) is 12.8. The van der Waals surface area contributed by atoms with E-state index in [1.54, 1.807) is 13.2 Å². The fourth-order valence-electron chi connectivity index (χ4n) is 1.99. The molecule has 0 unspecified atom stereocenters. The van der Waals surface area contributed by atoms with Crippen molar-refractivity contribution in [1.29, 1.82) is 0 Å². The van der Waals surface area contributed by atoms with Gasteiger partial charge in [0.1, 0.15) is 11.6 Å². The second-order valence-corrected chi connectivity index (χ2v) is 4.89. The molecule has 0 saturated carbocycles. The highest BCUT2D eigenvalue weighted by Crippen LogP contribution is 2.22. The maximum atomic E-state index is 13.0. The predicted molar refractivity (Wildman–Crippen MR) is 89.6 cm³/mol. The standard InChI is InChI=1S/C13H11FO.C7H8/c1-15-13-7-5-10(6-8-13)11-3-2-4-12(14)9-11;1-7-5-3-2-4-6-7/h2-9H,1H3;2-6H,1H3. The molecule has 0 aliphatic carbocycles. The summed E-state index contributed by atoms with van der Waals surface area (Å²) in [4.78, 5) is 0. The zero-order chi connectivity index (χ0) is 15.8. The number of methoxy groups -OCH3 is 1. The summed E-state index contributed by atoms with van der Waals surface area (Å²) >= 11 is 0. The summed E-state index contributed by atoms with van der Waals surface area (Å²) in [5.41, 5.74) is 3.18. The average molecular weight is 294 g/mol. The topological polar surface area (TPSA) is 9.23 Å². The lowest BCUT2D eigenvalue weighted by Gasteiger charge is -2.03. The third kappa shape index (κ3) is 4.74. The van der Waals surface area contributed by atoms with Crippen molar-refractivity contribution in [2.75, 3.05) is 7.11 Å². The minimum Gasteiger partial charge on any atom is -0.497 e. The van der Waals surface area contributed by atoms with Gasteiger partial charge in [-0.05, 0) is 42.3 Å². The molecule has 0 saturated heterocycles. The zero-order valence-corrected chi connectivity index (χ0v) is 12.8. The van der Waals surface area contributed by atoms with Crippen molar-refractivity contribution < 1.29 is 9.13 Å². The fraction of sp³-hybridized carbons (Fsp3) is 0.100. The van der Waals surface area contributed by atoms with Crippen LogP contribution >= 0.6 is 0 Å². The van der Waals surface area contributed by atoms with Gasteiger partial charge in [-0.25, -0.2) is 4.39 Å². The molecule has 1 nitrogen and oxygen atoms in total. The first-order valence-electron chi connectivity index (χ1n) is 7.10. The monoisotopic (exact) mass is 294 g/mol. The first kappa shape index (κ1) is 15.8. The Bertz CT molecular complexity index is 690. The fourth-order valence-corrected chi connectivity index (χ4v) is 1.99. The third-order valence-corrected chi connectivity index (χ3v) is 3.19. The third-order valence-electron chi connectivity index (χ3n) is 3.19. The Morgan fingerprint density at radius 1 is 0.727 bits per heavy atom. The van der Waals surface area contributed by atoms with Crippen LogP contribution in [0.5, 0.6) is 5.75 Å². The summed E-state index contributed by atoms with van der Waals surface area (Å²) < 4.78 is 18.0. The van der Waals surface area contributed by atoms with Gasteiger partial charge in [-0.1, -0.05) is 60.2 Å². The maximum Gasteiger partial charge on any atom is 0.123 e. The Morgan fingerprint density at radius 2 is 1.41 bits per heavy atom. The second kappa shape index (κ2) is 7.99. The van der Waals surface area contributed by atoms with Gasteiger partial charge in [0, 0.05) is 0 Å². The minimum atomic E-state index is -0.219. The van der Waals surface area contributed by atoms with Crippen molar-refractivity contribution >= 4 is 0 Å². The van der Waals surface area contributed by atoms with E-state index in [0.29, 0.717) is 0 Å². The van der Waals surface area contributed by atoms with Gasteiger partial charge in [0.2, 0.25) is 0 Å². The number of ether oxygens (including phenoxy) is 1. The maximum absolute atomic E-state index is 13.0. The number of halogens is 1. The average Bonchev–Trinajstić information content (AvgIpc) is 2.56. The van der Waals surface area contributed by atoms with Crippen LogP contribution in [0.3, 0.4) is 0 Å². The van der Waals surface area contributed by atoms with Gasteiger partial charge in [-0.15, -0.1) is 0 Å². The van der Waals surface area contributed by atoms with Gasteiger partial charge in [-0.2, -0.15) is 0 Å². The van der Waals surface area contributed by atoms with Crippen LogP contribution in [-0.4, -0.2) is 7.11 Å². The lowest BCUT2D eigenvalue weighted by Crippen LogP contribution is -1.83. The van der Waals surface area contributed by atoms with E-state index in [1.165, 1.54) is 17.7 Å². The summed E-state index contributed by atoms with van der Waals surface area (Å²) in [6, 6.07) is 24.3. The number of hydrogen-bond donors (Lipinski definition) is 0. The highest BCUT2D eigenvalue weighted by molar-refractivity contribution is 5.64. The quantitative estimate of drug-likeness (QED) is 0.606. The van der Waals surface area contributed by atoms with Crippen LogP contribution in [0.1, 0.15) is 5.56 Å². The van der Waals surface area contributed by atoms with E-state index in [-0.39, 0.29) is 5.82 Å². The molecule has 0 fully saturated rings. The molecule has 0 radical (unpaired) electrons. The molecular weight excluding hydrogens is 275 g/mol. The molecule has 2 heteroatoms. The normalized spacial score (nSPS) is 9.59. The summed E-state index contributed by atoms with van der Waals surface area (Å²) in [5, 5.41) is 0. The van der Waals surface area contributed by atoms with Crippen molar-refractivity contribution in [2.45, 2.75) is 6.92 Å². The molecule has 3 rings (SSSR count). The lowest BCUT2D eigenvalue weighted by atomic mass is 10.1. The summed E-state index contributed by atoms with van der Waals surface area (Å²) in [6.45, 7) is 2.08. The van der Waals surface area contributed by atoms with Gasteiger partial charge in [0.15, 0.2) is 0 Å². The van der Waals surface area contributed by atoms with Crippen LogP contribution in [0.2, 0.25) is 0 Å². The molecule has 0 spiro atoms. The first-order valence-corrected chi connectivity index (χ1v) is 7.10. The molecule has 3 aromatic rings. The van der Waals surface area contributed by atoms with Gasteiger partial charge >= 0.3 is 0 Å². The molecule has 0 aliphatic heterocycles. The van der Waals surface area contributed by atoms with E-state index >= 15 is 0 Å². The Morgan fingerprint density at radius 3 is 1.91 bits per heavy atom. The Balaban J connectivity index is 0.000000211. The van der Waals surface area contributed by atoms with Crippen LogP contribution in [0.25, 0.3) is 11.1 Å². The molecule has 0 bridgehead atoms. The summed E-state index contributed by atoms with van der Waals surface area (Å²) in [6.07, 6.45) is 0. The van der Waals surface area contributed by atoms with Gasteiger partial charge in [0.25, 0.3) is 0 Å². The first-order chi connectivity index (χ1) is 10.7. The number of hydrogen-bond acceptors (Lipinski definition) is 1. The van der Waals surface area contributed by atoms with Crippen LogP contribution in [0.4, 0.5) is 4.39 Å². The number of rotatable bonds is 2. The van der Waals surface area contributed by atoms with Gasteiger partial charge in [-0.3, -0.25) is 0 Å². The molecule has 112 valence electrons. The molecule has 0 N–H and O–H groups in total. The van der Waals surface area contributed by atoms with Gasteiger partial charge in [0.05, 0.1) is 7.11 Å². The van der Waals surface area contributed by atoms with Crippen molar-refractivity contribution in [3.63, 3.8) is 0 Å². The molecule has 22 heavy (non-hydrogen) atoms. The van der Waals surface area contributed by atoms with Gasteiger partial charge < -0.3 is 4.74 Å². The van der Waals surface area contributed by atoms with E-state index < -0.39 is 0 Å². The van der Waals surface area contributed by atoms with E-state index in [9.17, 15) is 4.39 Å². The van der Waals surface area contributed by atoms with Crippen LogP contribution < -0.4 is 4.74 Å². The molecule has 0 heterocycles. The molecule has 3 aromatic carbocycles. The summed E-state index contributed by atoms with van der Waals surface area (Å²) in [7, 11) is 1.62. The molecule has 0 amide bonds. The molecule has 0 aromatic heterocycles. The van der Waals surface area contributed by atoms with E-state index in [2.05, 4.69) is 19.1 Å². The molecule has 0 atom stereocenters. The molecular formula is C20H19FO. The van der Waals surface area contributed by atoms with E-state index in [1.807, 2.05) is 48.5 Å². The predicted octanol–water partition coefficient (Wildman–Crippen LogP) is 5.50.